The molecule has 3 aromatic rings. The molecule has 0 atom stereocenters. The summed E-state index contributed by atoms with van der Waals surface area (Å²) in [6.07, 6.45) is 5.12. The Balaban J connectivity index is 1.81. The fourth-order valence-electron chi connectivity index (χ4n) is 3.40. The molecule has 0 radical (unpaired) electrons. The minimum absolute atomic E-state index is 0.0296. The van der Waals surface area contributed by atoms with Crippen LogP contribution in [-0.4, -0.2) is 32.7 Å². The zero-order valence-corrected chi connectivity index (χ0v) is 16.8. The molecule has 1 fully saturated rings. The molecule has 0 saturated carbocycles. The molecule has 1 N–H and O–H groups in total. The molecular weight excluding hydrogens is 410 g/mol. The van der Waals surface area contributed by atoms with E-state index in [0.29, 0.717) is 24.8 Å². The molecular formula is C19H20BrN5O2. The van der Waals surface area contributed by atoms with Gasteiger partial charge in [0.25, 0.3) is 5.56 Å². The Morgan fingerprint density at radius 3 is 2.67 bits per heavy atom. The third kappa shape index (κ3) is 3.59. The molecule has 0 unspecified atom stereocenters. The first kappa shape index (κ1) is 18.1. The van der Waals surface area contributed by atoms with E-state index in [-0.39, 0.29) is 11.6 Å². The average molecular weight is 430 g/mol. The van der Waals surface area contributed by atoms with Crippen LogP contribution >= 0.6 is 15.9 Å². The number of hydrogen-bond donors (Lipinski definition) is 1. The van der Waals surface area contributed by atoms with E-state index in [1.165, 1.54) is 0 Å². The number of nitrogens with one attached hydrogen (secondary N) is 1. The number of halogens is 1. The van der Waals surface area contributed by atoms with Gasteiger partial charge >= 0.3 is 0 Å². The van der Waals surface area contributed by atoms with Crippen LogP contribution in [0.3, 0.4) is 0 Å². The van der Waals surface area contributed by atoms with Crippen LogP contribution in [0.5, 0.6) is 0 Å². The first-order chi connectivity index (χ1) is 13.0. The summed E-state index contributed by atoms with van der Waals surface area (Å²) in [4.78, 5) is 26.1. The van der Waals surface area contributed by atoms with Crippen molar-refractivity contribution in [1.82, 2.24) is 19.5 Å². The first-order valence-corrected chi connectivity index (χ1v) is 9.68. The normalized spacial score (nSPS) is 15.2. The third-order valence-corrected chi connectivity index (χ3v) is 5.31. The van der Waals surface area contributed by atoms with Crippen molar-refractivity contribution in [3.05, 3.63) is 50.6 Å². The number of anilines is 2. The largest absolute Gasteiger partial charge is 0.381 e. The van der Waals surface area contributed by atoms with Gasteiger partial charge < -0.3 is 10.1 Å². The van der Waals surface area contributed by atoms with Gasteiger partial charge in [-0.25, -0.2) is 9.97 Å². The van der Waals surface area contributed by atoms with Crippen molar-refractivity contribution < 1.29 is 4.74 Å². The van der Waals surface area contributed by atoms with E-state index in [0.717, 1.165) is 39.6 Å². The molecule has 1 aliphatic rings. The van der Waals surface area contributed by atoms with Crippen LogP contribution in [0.15, 0.2) is 33.9 Å². The summed E-state index contributed by atoms with van der Waals surface area (Å²) < 4.78 is 8.02. The van der Waals surface area contributed by atoms with Gasteiger partial charge in [-0.15, -0.1) is 0 Å². The molecule has 140 valence electrons. The summed E-state index contributed by atoms with van der Waals surface area (Å²) in [5.74, 6) is 0.445. The van der Waals surface area contributed by atoms with Crippen LogP contribution < -0.4 is 10.9 Å². The molecule has 4 heterocycles. The molecule has 4 rings (SSSR count). The summed E-state index contributed by atoms with van der Waals surface area (Å²) in [5.41, 5.74) is 3.35. The fourth-order valence-corrected chi connectivity index (χ4v) is 3.85. The highest BCUT2D eigenvalue weighted by Gasteiger charge is 2.21. The molecule has 1 aliphatic heterocycles. The van der Waals surface area contributed by atoms with Crippen LogP contribution in [0.25, 0.3) is 11.0 Å². The van der Waals surface area contributed by atoms with E-state index in [4.69, 9.17) is 9.72 Å². The van der Waals surface area contributed by atoms with Gasteiger partial charge in [0.15, 0.2) is 0 Å². The van der Waals surface area contributed by atoms with Crippen LogP contribution in [0.1, 0.15) is 30.0 Å². The minimum atomic E-state index is -0.0296. The van der Waals surface area contributed by atoms with Crippen LogP contribution in [0.4, 0.5) is 11.6 Å². The number of pyridine rings is 2. The molecule has 3 aromatic heterocycles. The summed E-state index contributed by atoms with van der Waals surface area (Å²) in [7, 11) is 0. The quantitative estimate of drug-likeness (QED) is 0.639. The Labute approximate surface area is 164 Å². The number of rotatable bonds is 3. The van der Waals surface area contributed by atoms with Gasteiger partial charge in [-0.3, -0.25) is 9.36 Å². The maximum Gasteiger partial charge on any atom is 0.252 e. The van der Waals surface area contributed by atoms with Gasteiger partial charge in [-0.1, -0.05) is 0 Å². The molecule has 0 aromatic carbocycles. The smallest absolute Gasteiger partial charge is 0.252 e. The van der Waals surface area contributed by atoms with Crippen molar-refractivity contribution in [2.75, 3.05) is 18.5 Å². The van der Waals surface area contributed by atoms with Crippen molar-refractivity contribution in [2.24, 2.45) is 0 Å². The molecule has 7 nitrogen and oxygen atoms in total. The fraction of sp³-hybridized carbons (Fsp3) is 0.368. The van der Waals surface area contributed by atoms with Crippen LogP contribution in [0.2, 0.25) is 0 Å². The predicted molar refractivity (Wildman–Crippen MR) is 108 cm³/mol. The van der Waals surface area contributed by atoms with E-state index < -0.39 is 0 Å². The number of nitrogens with zero attached hydrogens (tertiary/aromatic N) is 4. The number of hydrogen-bond acceptors (Lipinski definition) is 6. The van der Waals surface area contributed by atoms with Crippen molar-refractivity contribution in [3.63, 3.8) is 0 Å². The predicted octanol–water partition coefficient (Wildman–Crippen LogP) is 3.66. The highest BCUT2D eigenvalue weighted by molar-refractivity contribution is 9.10. The number of ether oxygens (including phenoxy) is 1. The lowest BCUT2D eigenvalue weighted by atomic mass is 10.1. The SMILES string of the molecule is Cc1cc(Br)ncc1Nc1ncc2c(C)cc(=O)n(C3CCOCC3)c2n1. The molecule has 8 heteroatoms. The molecule has 0 amide bonds. The minimum Gasteiger partial charge on any atom is -0.381 e. The van der Waals surface area contributed by atoms with Gasteiger partial charge in [-0.05, 0) is 59.8 Å². The zero-order valence-electron chi connectivity index (χ0n) is 15.2. The average Bonchev–Trinajstić information content (AvgIpc) is 2.65. The van der Waals surface area contributed by atoms with Gasteiger partial charge in [0.1, 0.15) is 10.3 Å². The van der Waals surface area contributed by atoms with Gasteiger partial charge in [0.2, 0.25) is 5.95 Å². The lowest BCUT2D eigenvalue weighted by Crippen LogP contribution is -2.30. The monoisotopic (exact) mass is 429 g/mol. The lowest BCUT2D eigenvalue weighted by molar-refractivity contribution is 0.0697. The number of aryl methyl sites for hydroxylation is 2. The Morgan fingerprint density at radius 1 is 1.15 bits per heavy atom. The number of fused-ring (bicyclic) bond motifs is 1. The number of aromatic nitrogens is 4. The molecule has 0 aliphatic carbocycles. The van der Waals surface area contributed by atoms with Crippen molar-refractivity contribution in [3.8, 4) is 0 Å². The summed E-state index contributed by atoms with van der Waals surface area (Å²) in [6, 6.07) is 3.68. The first-order valence-electron chi connectivity index (χ1n) is 8.89. The van der Waals surface area contributed by atoms with E-state index in [2.05, 4.69) is 31.2 Å². The topological polar surface area (TPSA) is 81.9 Å². The van der Waals surface area contributed by atoms with Gasteiger partial charge in [0, 0.05) is 36.9 Å². The van der Waals surface area contributed by atoms with Crippen molar-refractivity contribution >= 4 is 38.6 Å². The second-order valence-corrected chi connectivity index (χ2v) is 7.57. The standard InChI is InChI=1S/C19H20BrN5O2/c1-11-8-17(26)25(13-3-5-27-6-4-13)18-14(11)9-22-19(24-18)23-15-10-21-16(20)7-12(15)2/h7-10,13H,3-6H2,1-2H3,(H,22,23,24). The maximum atomic E-state index is 12.7. The second-order valence-electron chi connectivity index (χ2n) is 6.76. The van der Waals surface area contributed by atoms with Gasteiger partial charge in [0.05, 0.1) is 11.9 Å². The second kappa shape index (κ2) is 7.36. The highest BCUT2D eigenvalue weighted by atomic mass is 79.9. The van der Waals surface area contributed by atoms with Gasteiger partial charge in [-0.2, -0.15) is 4.98 Å². The Kier molecular flexibility index (Phi) is 4.92. The molecule has 1 saturated heterocycles. The summed E-state index contributed by atoms with van der Waals surface area (Å²) in [5, 5.41) is 4.10. The third-order valence-electron chi connectivity index (χ3n) is 4.88. The van der Waals surface area contributed by atoms with Crippen LogP contribution in [-0.2, 0) is 4.74 Å². The Morgan fingerprint density at radius 2 is 1.93 bits per heavy atom. The van der Waals surface area contributed by atoms with E-state index in [9.17, 15) is 4.79 Å². The highest BCUT2D eigenvalue weighted by Crippen LogP contribution is 2.26. The maximum absolute atomic E-state index is 12.7. The van der Waals surface area contributed by atoms with E-state index >= 15 is 0 Å². The lowest BCUT2D eigenvalue weighted by Gasteiger charge is -2.25. The van der Waals surface area contributed by atoms with Crippen molar-refractivity contribution in [2.45, 2.75) is 32.7 Å². The van der Waals surface area contributed by atoms with Crippen LogP contribution in [0, 0.1) is 13.8 Å². The molecule has 0 spiro atoms. The summed E-state index contributed by atoms with van der Waals surface area (Å²) in [6.45, 7) is 5.22. The molecule has 0 bridgehead atoms. The van der Waals surface area contributed by atoms with Crippen molar-refractivity contribution in [1.29, 1.82) is 0 Å². The molecule has 27 heavy (non-hydrogen) atoms. The summed E-state index contributed by atoms with van der Waals surface area (Å²) >= 11 is 3.37. The van der Waals surface area contributed by atoms with E-state index in [1.54, 1.807) is 23.0 Å². The Bertz CT molecular complexity index is 1060. The zero-order chi connectivity index (χ0) is 19.0. The van der Waals surface area contributed by atoms with E-state index in [1.807, 2.05) is 19.9 Å². The Hall–Kier alpha value is -2.32.